The van der Waals surface area contributed by atoms with Crippen LogP contribution >= 0.6 is 11.3 Å². The van der Waals surface area contributed by atoms with Gasteiger partial charge in [-0.15, -0.1) is 0 Å². The molecule has 0 atom stereocenters. The molecule has 168 valence electrons. The van der Waals surface area contributed by atoms with Gasteiger partial charge in [0.05, 0.1) is 20.8 Å². The minimum Gasteiger partial charge on any atom is -0.314 e. The summed E-state index contributed by atoms with van der Waals surface area (Å²) in [6.07, 6.45) is 0.665. The molecule has 1 amide bonds. The van der Waals surface area contributed by atoms with Gasteiger partial charge in [-0.1, -0.05) is 35.6 Å². The number of para-hydroxylation sites is 2. The minimum absolute atomic E-state index is 0.114. The number of carbonyl (C=O) groups is 1. The molecule has 9 heteroatoms. The van der Waals surface area contributed by atoms with Gasteiger partial charge in [0.25, 0.3) is 15.9 Å². The van der Waals surface area contributed by atoms with Crippen LogP contribution in [0.4, 0.5) is 10.1 Å². The molecule has 1 aromatic heterocycles. The Balaban J connectivity index is 1.47. The van der Waals surface area contributed by atoms with Crippen LogP contribution in [0.3, 0.4) is 0 Å². The zero-order valence-electron chi connectivity index (χ0n) is 17.7. The largest absolute Gasteiger partial charge is 0.314 e. The van der Waals surface area contributed by atoms with E-state index in [1.807, 2.05) is 25.1 Å². The second-order valence-corrected chi connectivity index (χ2v) is 10.5. The van der Waals surface area contributed by atoms with Crippen molar-refractivity contribution in [2.75, 3.05) is 10.8 Å². The normalized spacial score (nSPS) is 14.1. The quantitative estimate of drug-likeness (QED) is 0.435. The van der Waals surface area contributed by atoms with Crippen molar-refractivity contribution in [2.45, 2.75) is 24.8 Å². The van der Waals surface area contributed by atoms with Crippen molar-refractivity contribution in [3.63, 3.8) is 0 Å². The van der Waals surface area contributed by atoms with Gasteiger partial charge in [0.15, 0.2) is 4.80 Å². The van der Waals surface area contributed by atoms with Crippen LogP contribution in [0.25, 0.3) is 10.2 Å². The number of carbonyl (C=O) groups excluding carboxylic acids is 1. The van der Waals surface area contributed by atoms with E-state index < -0.39 is 15.9 Å². The highest BCUT2D eigenvalue weighted by Crippen LogP contribution is 2.32. The van der Waals surface area contributed by atoms with Gasteiger partial charge in [0.1, 0.15) is 5.82 Å². The Hall–Kier alpha value is -3.30. The predicted molar refractivity (Wildman–Crippen MR) is 126 cm³/mol. The third-order valence-corrected chi connectivity index (χ3v) is 8.57. The minimum atomic E-state index is -3.74. The van der Waals surface area contributed by atoms with E-state index in [1.54, 1.807) is 22.8 Å². The molecule has 4 aromatic rings. The van der Waals surface area contributed by atoms with E-state index in [9.17, 15) is 17.6 Å². The molecule has 5 rings (SSSR count). The number of sulfonamides is 1. The molecule has 0 saturated heterocycles. The fourth-order valence-electron chi connectivity index (χ4n) is 4.07. The topological polar surface area (TPSA) is 71.7 Å². The van der Waals surface area contributed by atoms with E-state index in [-0.39, 0.29) is 16.3 Å². The van der Waals surface area contributed by atoms with Crippen molar-refractivity contribution in [1.29, 1.82) is 0 Å². The molecular weight excluding hydrogens is 461 g/mol. The molecule has 0 N–H and O–H groups in total. The van der Waals surface area contributed by atoms with Crippen molar-refractivity contribution in [1.82, 2.24) is 4.57 Å². The summed E-state index contributed by atoms with van der Waals surface area (Å²) in [6.45, 7) is 2.71. The molecule has 2 heterocycles. The highest BCUT2D eigenvalue weighted by atomic mass is 32.2. The molecular formula is C24H20FN3O3S2. The number of halogens is 1. The predicted octanol–water partition coefficient (Wildman–Crippen LogP) is 4.35. The first-order valence-corrected chi connectivity index (χ1v) is 12.7. The number of hydrogen-bond donors (Lipinski definition) is 0. The molecule has 6 nitrogen and oxygen atoms in total. The SMILES string of the molecule is CCn1c(=NC(=O)c2ccc(S(=O)(=O)N3CCc4ccccc43)cc2)sc2cccc(F)c21. The summed E-state index contributed by atoms with van der Waals surface area (Å²) >= 11 is 1.24. The van der Waals surface area contributed by atoms with Crippen molar-refractivity contribution in [3.05, 3.63) is 88.5 Å². The summed E-state index contributed by atoms with van der Waals surface area (Å²) in [4.78, 5) is 17.5. The fourth-order valence-corrected chi connectivity index (χ4v) is 6.68. The van der Waals surface area contributed by atoms with Crippen LogP contribution in [0, 0.1) is 5.82 Å². The Labute approximate surface area is 194 Å². The third-order valence-electron chi connectivity index (χ3n) is 5.70. The van der Waals surface area contributed by atoms with Crippen molar-refractivity contribution in [2.24, 2.45) is 4.99 Å². The number of nitrogens with zero attached hydrogens (tertiary/aromatic N) is 3. The lowest BCUT2D eigenvalue weighted by molar-refractivity contribution is 0.0997. The summed E-state index contributed by atoms with van der Waals surface area (Å²) in [5, 5.41) is 0. The van der Waals surface area contributed by atoms with Crippen LogP contribution in [0.2, 0.25) is 0 Å². The first kappa shape index (κ1) is 21.5. The van der Waals surface area contributed by atoms with Crippen LogP contribution in [-0.4, -0.2) is 25.4 Å². The summed E-state index contributed by atoms with van der Waals surface area (Å²) < 4.78 is 44.4. The van der Waals surface area contributed by atoms with Gasteiger partial charge in [0.2, 0.25) is 0 Å². The first-order valence-electron chi connectivity index (χ1n) is 10.5. The van der Waals surface area contributed by atoms with Crippen molar-refractivity contribution < 1.29 is 17.6 Å². The van der Waals surface area contributed by atoms with Gasteiger partial charge in [-0.05, 0) is 61.4 Å². The molecule has 0 spiro atoms. The number of amides is 1. The Kier molecular flexibility index (Phi) is 5.38. The summed E-state index contributed by atoms with van der Waals surface area (Å²) in [7, 11) is -3.74. The first-order chi connectivity index (χ1) is 15.9. The molecule has 0 radical (unpaired) electrons. The second-order valence-electron chi connectivity index (χ2n) is 7.61. The number of aromatic nitrogens is 1. The number of aryl methyl sites for hydroxylation is 1. The average Bonchev–Trinajstić information content (AvgIpc) is 3.41. The number of benzene rings is 3. The van der Waals surface area contributed by atoms with Gasteiger partial charge in [-0.3, -0.25) is 9.10 Å². The molecule has 33 heavy (non-hydrogen) atoms. The van der Waals surface area contributed by atoms with E-state index in [0.717, 1.165) is 5.56 Å². The zero-order valence-corrected chi connectivity index (χ0v) is 19.4. The van der Waals surface area contributed by atoms with E-state index in [4.69, 9.17) is 0 Å². The monoisotopic (exact) mass is 481 g/mol. The van der Waals surface area contributed by atoms with Crippen LogP contribution in [0.1, 0.15) is 22.8 Å². The number of thiazole rings is 1. The van der Waals surface area contributed by atoms with Gasteiger partial charge in [-0.2, -0.15) is 4.99 Å². The molecule has 1 aliphatic heterocycles. The van der Waals surface area contributed by atoms with Crippen molar-refractivity contribution in [3.8, 4) is 0 Å². The molecule has 0 aliphatic carbocycles. The molecule has 3 aromatic carbocycles. The van der Waals surface area contributed by atoms with Crippen LogP contribution in [-0.2, 0) is 23.0 Å². The maximum atomic E-state index is 14.3. The molecule has 1 aliphatic rings. The standard InChI is InChI=1S/C24H20FN3O3S2/c1-2-27-22-19(25)7-5-9-21(22)32-24(27)26-23(29)17-10-12-18(13-11-17)33(30,31)28-15-14-16-6-3-4-8-20(16)28/h3-13H,2,14-15H2,1H3. The lowest BCUT2D eigenvalue weighted by atomic mass is 10.2. The second kappa shape index (κ2) is 8.24. The number of hydrogen-bond acceptors (Lipinski definition) is 4. The van der Waals surface area contributed by atoms with Crippen LogP contribution < -0.4 is 9.11 Å². The summed E-state index contributed by atoms with van der Waals surface area (Å²) in [5.74, 6) is -0.878. The Bertz CT molecular complexity index is 1550. The zero-order chi connectivity index (χ0) is 23.2. The third kappa shape index (κ3) is 3.67. The number of anilines is 1. The highest BCUT2D eigenvalue weighted by Gasteiger charge is 2.30. The summed E-state index contributed by atoms with van der Waals surface area (Å²) in [5.41, 5.74) is 2.37. The van der Waals surface area contributed by atoms with E-state index >= 15 is 0 Å². The molecule has 0 fully saturated rings. The molecule has 0 saturated carbocycles. The lowest BCUT2D eigenvalue weighted by Crippen LogP contribution is -2.29. The van der Waals surface area contributed by atoms with Gasteiger partial charge in [-0.25, -0.2) is 12.8 Å². The lowest BCUT2D eigenvalue weighted by Gasteiger charge is -2.19. The van der Waals surface area contributed by atoms with E-state index in [2.05, 4.69) is 4.99 Å². The van der Waals surface area contributed by atoms with Crippen LogP contribution in [0.5, 0.6) is 0 Å². The average molecular weight is 482 g/mol. The smallest absolute Gasteiger partial charge is 0.279 e. The van der Waals surface area contributed by atoms with E-state index in [0.29, 0.717) is 40.2 Å². The maximum Gasteiger partial charge on any atom is 0.279 e. The van der Waals surface area contributed by atoms with Gasteiger partial charge < -0.3 is 4.57 Å². The fraction of sp³-hybridized carbons (Fsp3) is 0.167. The van der Waals surface area contributed by atoms with Gasteiger partial charge >= 0.3 is 0 Å². The number of rotatable bonds is 4. The number of fused-ring (bicyclic) bond motifs is 2. The van der Waals surface area contributed by atoms with Crippen molar-refractivity contribution >= 4 is 43.2 Å². The Morgan fingerprint density at radius 3 is 2.58 bits per heavy atom. The van der Waals surface area contributed by atoms with Crippen LogP contribution in [0.15, 0.2) is 76.6 Å². The molecule has 0 bridgehead atoms. The summed E-state index contributed by atoms with van der Waals surface area (Å²) in [6, 6.07) is 18.0. The molecule has 0 unspecified atom stereocenters. The highest BCUT2D eigenvalue weighted by molar-refractivity contribution is 7.92. The van der Waals surface area contributed by atoms with Gasteiger partial charge in [0, 0.05) is 18.7 Å². The maximum absolute atomic E-state index is 14.3. The Morgan fingerprint density at radius 2 is 1.82 bits per heavy atom. The Morgan fingerprint density at radius 1 is 1.06 bits per heavy atom. The van der Waals surface area contributed by atoms with E-state index in [1.165, 1.54) is 46.0 Å².